The second kappa shape index (κ2) is 10.7. The predicted molar refractivity (Wildman–Crippen MR) is 148 cm³/mol. The number of methoxy groups -OCH3 is 3. The summed E-state index contributed by atoms with van der Waals surface area (Å²) in [5.74, 6) is 0.123. The summed E-state index contributed by atoms with van der Waals surface area (Å²) in [6.07, 6.45) is 0. The van der Waals surface area contributed by atoms with Crippen LogP contribution in [0.4, 0.5) is 5.13 Å². The molecule has 10 heteroatoms. The average Bonchev–Trinajstić information content (AvgIpc) is 3.50. The number of benzene rings is 3. The summed E-state index contributed by atoms with van der Waals surface area (Å²) >= 11 is 1.25. The summed E-state index contributed by atoms with van der Waals surface area (Å²) in [5.41, 5.74) is 1.45. The number of thiazole rings is 1. The molecule has 1 amide bonds. The van der Waals surface area contributed by atoms with Gasteiger partial charge in [0.15, 0.2) is 16.6 Å². The molecular weight excluding hydrogens is 520 g/mol. The van der Waals surface area contributed by atoms with Gasteiger partial charge in [0.2, 0.25) is 0 Å². The van der Waals surface area contributed by atoms with Crippen LogP contribution in [-0.2, 0) is 9.59 Å². The van der Waals surface area contributed by atoms with Crippen LogP contribution in [0.5, 0.6) is 23.0 Å². The van der Waals surface area contributed by atoms with Crippen LogP contribution < -0.4 is 23.8 Å². The molecule has 1 unspecified atom stereocenters. The van der Waals surface area contributed by atoms with E-state index in [0.29, 0.717) is 51.4 Å². The number of ketones is 1. The van der Waals surface area contributed by atoms with E-state index in [1.165, 1.54) is 30.5 Å². The number of carbonyl (C=O) groups excluding carboxylic acids is 2. The number of carbonyl (C=O) groups is 2. The highest BCUT2D eigenvalue weighted by atomic mass is 32.1. The smallest absolute Gasteiger partial charge is 0.301 e. The first-order chi connectivity index (χ1) is 18.9. The number of aromatic nitrogens is 1. The number of fused-ring (bicyclic) bond motifs is 1. The molecule has 3 aromatic carbocycles. The quantitative estimate of drug-likeness (QED) is 0.179. The number of rotatable bonds is 8. The van der Waals surface area contributed by atoms with E-state index < -0.39 is 17.7 Å². The van der Waals surface area contributed by atoms with Crippen LogP contribution in [0.15, 0.2) is 66.2 Å². The lowest BCUT2D eigenvalue weighted by atomic mass is 9.95. The maximum absolute atomic E-state index is 13.6. The number of amides is 1. The molecule has 0 aliphatic carbocycles. The van der Waals surface area contributed by atoms with Crippen LogP contribution in [0.3, 0.4) is 0 Å². The molecule has 39 heavy (non-hydrogen) atoms. The third-order valence-corrected chi connectivity index (χ3v) is 7.40. The molecule has 1 aromatic heterocycles. The van der Waals surface area contributed by atoms with Gasteiger partial charge in [-0.1, -0.05) is 29.5 Å². The molecule has 0 radical (unpaired) electrons. The van der Waals surface area contributed by atoms with E-state index in [1.807, 2.05) is 13.0 Å². The van der Waals surface area contributed by atoms with Crippen molar-refractivity contribution >= 4 is 44.1 Å². The van der Waals surface area contributed by atoms with E-state index in [2.05, 4.69) is 4.98 Å². The topological polar surface area (TPSA) is 107 Å². The lowest BCUT2D eigenvalue weighted by Crippen LogP contribution is -2.29. The van der Waals surface area contributed by atoms with Crippen molar-refractivity contribution in [3.63, 3.8) is 0 Å². The highest BCUT2D eigenvalue weighted by molar-refractivity contribution is 7.22. The van der Waals surface area contributed by atoms with Crippen LogP contribution in [-0.4, -0.2) is 49.7 Å². The van der Waals surface area contributed by atoms with E-state index in [4.69, 9.17) is 18.9 Å². The zero-order valence-electron chi connectivity index (χ0n) is 21.8. The van der Waals surface area contributed by atoms with Gasteiger partial charge in [-0.15, -0.1) is 0 Å². The van der Waals surface area contributed by atoms with Gasteiger partial charge in [0.05, 0.1) is 49.8 Å². The number of aliphatic hydroxyl groups excluding tert-OH is 1. The molecule has 9 nitrogen and oxygen atoms in total. The Labute approximate surface area is 228 Å². The van der Waals surface area contributed by atoms with Crippen molar-refractivity contribution in [2.75, 3.05) is 32.8 Å². The van der Waals surface area contributed by atoms with Gasteiger partial charge in [-0.3, -0.25) is 14.5 Å². The Balaban J connectivity index is 1.73. The highest BCUT2D eigenvalue weighted by Gasteiger charge is 2.48. The minimum atomic E-state index is -0.983. The fourth-order valence-electron chi connectivity index (χ4n) is 4.52. The van der Waals surface area contributed by atoms with Gasteiger partial charge in [0.1, 0.15) is 17.3 Å². The molecule has 1 fully saturated rings. The van der Waals surface area contributed by atoms with Gasteiger partial charge >= 0.3 is 5.91 Å². The monoisotopic (exact) mass is 546 g/mol. The van der Waals surface area contributed by atoms with Gasteiger partial charge in [0, 0.05) is 5.56 Å². The van der Waals surface area contributed by atoms with Gasteiger partial charge in [0.25, 0.3) is 5.78 Å². The fraction of sp³-hybridized carbons (Fsp3) is 0.207. The largest absolute Gasteiger partial charge is 0.507 e. The van der Waals surface area contributed by atoms with Gasteiger partial charge in [-0.25, -0.2) is 4.98 Å². The number of anilines is 1. The van der Waals surface area contributed by atoms with Gasteiger partial charge in [-0.2, -0.15) is 0 Å². The van der Waals surface area contributed by atoms with Crippen molar-refractivity contribution in [2.24, 2.45) is 0 Å². The average molecular weight is 547 g/mol. The number of ether oxygens (including phenoxy) is 4. The minimum Gasteiger partial charge on any atom is -0.507 e. The minimum absolute atomic E-state index is 0.0729. The second-order valence-electron chi connectivity index (χ2n) is 8.57. The maximum Gasteiger partial charge on any atom is 0.301 e. The molecule has 1 aliphatic heterocycles. The number of Topliss-reactive ketones (excluding diaryl/α,β-unsaturated/α-hetero) is 1. The summed E-state index contributed by atoms with van der Waals surface area (Å²) < 4.78 is 22.6. The normalized spacial score (nSPS) is 16.5. The summed E-state index contributed by atoms with van der Waals surface area (Å²) in [5, 5.41) is 11.7. The van der Waals surface area contributed by atoms with E-state index >= 15 is 0 Å². The first kappa shape index (κ1) is 26.1. The van der Waals surface area contributed by atoms with E-state index in [0.717, 1.165) is 4.70 Å². The SMILES string of the molecule is CCOc1ccc(C2/C(=C(\O)c3cccc(OC)c3)C(=O)C(=O)N2c2nc3ccc(OC)cc3s2)cc1OC. The molecule has 4 aromatic rings. The standard InChI is InChI=1S/C29H26N2O7S/c1-5-38-21-12-9-16(14-22(21)37-4)25-24(26(32)17-7-6-8-18(13-17)35-2)27(33)28(34)31(25)29-30-20-11-10-19(36-3)15-23(20)39-29/h6-15,25,32H,5H2,1-4H3/b26-24+. The van der Waals surface area contributed by atoms with Crippen LogP contribution in [0.1, 0.15) is 24.1 Å². The highest BCUT2D eigenvalue weighted by Crippen LogP contribution is 2.46. The Hall–Kier alpha value is -4.57. The molecule has 0 saturated carbocycles. The van der Waals surface area contributed by atoms with Crippen molar-refractivity contribution < 1.29 is 33.6 Å². The molecule has 2 heterocycles. The molecule has 200 valence electrons. The van der Waals surface area contributed by atoms with Crippen LogP contribution in [0.2, 0.25) is 0 Å². The Kier molecular flexibility index (Phi) is 7.12. The Bertz CT molecular complexity index is 1610. The Morgan fingerprint density at radius 1 is 0.949 bits per heavy atom. The molecule has 5 rings (SSSR count). The zero-order valence-corrected chi connectivity index (χ0v) is 22.6. The van der Waals surface area contributed by atoms with Crippen LogP contribution in [0.25, 0.3) is 16.0 Å². The second-order valence-corrected chi connectivity index (χ2v) is 9.58. The molecule has 0 spiro atoms. The lowest BCUT2D eigenvalue weighted by Gasteiger charge is -2.24. The molecule has 1 aliphatic rings. The molecule has 1 atom stereocenters. The lowest BCUT2D eigenvalue weighted by molar-refractivity contribution is -0.132. The molecule has 0 bridgehead atoms. The zero-order chi connectivity index (χ0) is 27.7. The van der Waals surface area contributed by atoms with Crippen molar-refractivity contribution in [1.82, 2.24) is 4.98 Å². The molecular formula is C29H26N2O7S. The first-order valence-corrected chi connectivity index (χ1v) is 12.9. The van der Waals surface area contributed by atoms with Crippen molar-refractivity contribution in [3.05, 3.63) is 77.4 Å². The number of nitrogens with zero attached hydrogens (tertiary/aromatic N) is 2. The van der Waals surface area contributed by atoms with Crippen LogP contribution >= 0.6 is 11.3 Å². The van der Waals surface area contributed by atoms with E-state index in [9.17, 15) is 14.7 Å². The van der Waals surface area contributed by atoms with Gasteiger partial charge < -0.3 is 24.1 Å². The predicted octanol–water partition coefficient (Wildman–Crippen LogP) is 5.35. The summed E-state index contributed by atoms with van der Waals surface area (Å²) in [6, 6.07) is 16.2. The first-order valence-electron chi connectivity index (χ1n) is 12.1. The Morgan fingerprint density at radius 2 is 1.72 bits per heavy atom. The van der Waals surface area contributed by atoms with Crippen molar-refractivity contribution in [1.29, 1.82) is 0 Å². The molecule has 1 N–H and O–H groups in total. The summed E-state index contributed by atoms with van der Waals surface area (Å²) in [7, 11) is 4.59. The van der Waals surface area contributed by atoms with Crippen molar-refractivity contribution in [3.8, 4) is 23.0 Å². The number of aliphatic hydroxyl groups is 1. The van der Waals surface area contributed by atoms with Crippen LogP contribution in [0, 0.1) is 0 Å². The number of hydrogen-bond acceptors (Lipinski definition) is 9. The molecule has 1 saturated heterocycles. The third-order valence-electron chi connectivity index (χ3n) is 6.38. The Morgan fingerprint density at radius 3 is 2.44 bits per heavy atom. The summed E-state index contributed by atoms with van der Waals surface area (Å²) in [4.78, 5) is 33.1. The van der Waals surface area contributed by atoms with Crippen molar-refractivity contribution in [2.45, 2.75) is 13.0 Å². The maximum atomic E-state index is 13.6. The summed E-state index contributed by atoms with van der Waals surface area (Å²) in [6.45, 7) is 2.29. The number of hydrogen-bond donors (Lipinski definition) is 1. The third kappa shape index (κ3) is 4.63. The van der Waals surface area contributed by atoms with Gasteiger partial charge in [-0.05, 0) is 55.0 Å². The van der Waals surface area contributed by atoms with E-state index in [1.54, 1.807) is 61.7 Å². The fourth-order valence-corrected chi connectivity index (χ4v) is 5.54. The van der Waals surface area contributed by atoms with E-state index in [-0.39, 0.29) is 11.3 Å².